The molecule has 1 aliphatic rings. The van der Waals surface area contributed by atoms with Crippen molar-refractivity contribution in [2.45, 2.75) is 18.9 Å². The number of para-hydroxylation sites is 1. The van der Waals surface area contributed by atoms with E-state index in [0.717, 1.165) is 54.4 Å². The lowest BCUT2D eigenvalue weighted by Crippen LogP contribution is -2.20. The Hall–Kier alpha value is -3.06. The van der Waals surface area contributed by atoms with E-state index >= 15 is 0 Å². The van der Waals surface area contributed by atoms with Gasteiger partial charge in [0, 0.05) is 24.2 Å². The number of ether oxygens (including phenoxy) is 3. The molecule has 0 N–H and O–H groups in total. The zero-order chi connectivity index (χ0) is 20.2. The number of rotatable bonds is 7. The van der Waals surface area contributed by atoms with Crippen molar-refractivity contribution in [1.82, 2.24) is 15.0 Å². The van der Waals surface area contributed by atoms with Gasteiger partial charge in [-0.15, -0.1) is 0 Å². The zero-order valence-electron chi connectivity index (χ0n) is 16.9. The molecule has 4 rings (SSSR count). The molecular weight excluding hydrogens is 370 g/mol. The largest absolute Gasteiger partial charge is 0.497 e. The van der Waals surface area contributed by atoms with E-state index in [-0.39, 0.29) is 5.92 Å². The Labute approximate surface area is 170 Å². The minimum Gasteiger partial charge on any atom is -0.497 e. The normalized spacial score (nSPS) is 16.7. The molecule has 0 saturated carbocycles. The van der Waals surface area contributed by atoms with Crippen molar-refractivity contribution in [3.8, 4) is 28.6 Å². The lowest BCUT2D eigenvalue weighted by molar-refractivity contribution is 0.298. The van der Waals surface area contributed by atoms with Crippen molar-refractivity contribution in [2.24, 2.45) is 0 Å². The van der Waals surface area contributed by atoms with Crippen LogP contribution in [0.25, 0.3) is 11.4 Å². The maximum absolute atomic E-state index is 5.58. The van der Waals surface area contributed by atoms with Gasteiger partial charge in [-0.3, -0.25) is 4.90 Å². The van der Waals surface area contributed by atoms with Crippen LogP contribution in [0.1, 0.15) is 23.8 Å². The summed E-state index contributed by atoms with van der Waals surface area (Å²) in [6, 6.07) is 13.6. The third-order valence-electron chi connectivity index (χ3n) is 5.27. The molecular formula is C22H25N3O4. The minimum absolute atomic E-state index is 0.221. The molecule has 7 heteroatoms. The van der Waals surface area contributed by atoms with E-state index in [0.29, 0.717) is 11.7 Å². The summed E-state index contributed by atoms with van der Waals surface area (Å²) in [5, 5.41) is 4.17. The molecule has 1 saturated heterocycles. The van der Waals surface area contributed by atoms with Gasteiger partial charge in [0.05, 0.1) is 27.2 Å². The van der Waals surface area contributed by atoms with Gasteiger partial charge in [-0.1, -0.05) is 29.4 Å². The Kier molecular flexibility index (Phi) is 5.67. The van der Waals surface area contributed by atoms with Crippen molar-refractivity contribution in [2.75, 3.05) is 34.4 Å². The van der Waals surface area contributed by atoms with Crippen LogP contribution in [0.2, 0.25) is 0 Å². The Morgan fingerprint density at radius 2 is 1.93 bits per heavy atom. The molecule has 29 heavy (non-hydrogen) atoms. The standard InChI is InChI=1S/C22H25N3O4/c1-26-18-8-4-6-15(12-18)21-23-22(29-24-21)17-10-11-25(14-17)13-16-7-5-9-19(27-2)20(16)28-3/h4-9,12,17H,10-11,13-14H2,1-3H3/t17-/m1/s1. The van der Waals surface area contributed by atoms with E-state index < -0.39 is 0 Å². The predicted molar refractivity (Wildman–Crippen MR) is 108 cm³/mol. The van der Waals surface area contributed by atoms with E-state index in [1.54, 1.807) is 21.3 Å². The van der Waals surface area contributed by atoms with Crippen LogP contribution in [0.4, 0.5) is 0 Å². The van der Waals surface area contributed by atoms with Crippen LogP contribution in [0.5, 0.6) is 17.2 Å². The molecule has 1 aromatic heterocycles. The van der Waals surface area contributed by atoms with Crippen molar-refractivity contribution >= 4 is 0 Å². The maximum atomic E-state index is 5.58. The molecule has 1 aliphatic heterocycles. The van der Waals surface area contributed by atoms with Crippen molar-refractivity contribution in [1.29, 1.82) is 0 Å². The average Bonchev–Trinajstić information content (AvgIpc) is 3.43. The summed E-state index contributed by atoms with van der Waals surface area (Å²) >= 11 is 0. The Morgan fingerprint density at radius 1 is 1.07 bits per heavy atom. The van der Waals surface area contributed by atoms with Crippen LogP contribution < -0.4 is 14.2 Å². The summed E-state index contributed by atoms with van der Waals surface area (Å²) in [5.74, 6) is 3.80. The molecule has 1 atom stereocenters. The second-order valence-electron chi connectivity index (χ2n) is 7.06. The third kappa shape index (κ3) is 4.05. The summed E-state index contributed by atoms with van der Waals surface area (Å²) in [6.07, 6.45) is 0.978. The fourth-order valence-corrected chi connectivity index (χ4v) is 3.78. The van der Waals surface area contributed by atoms with Crippen LogP contribution in [0.15, 0.2) is 47.0 Å². The van der Waals surface area contributed by atoms with Crippen LogP contribution in [-0.4, -0.2) is 49.5 Å². The number of benzene rings is 2. The molecule has 7 nitrogen and oxygen atoms in total. The lowest BCUT2D eigenvalue weighted by atomic mass is 10.1. The molecule has 0 aliphatic carbocycles. The minimum atomic E-state index is 0.221. The quantitative estimate of drug-likeness (QED) is 0.603. The smallest absolute Gasteiger partial charge is 0.231 e. The Bertz CT molecular complexity index is 972. The monoisotopic (exact) mass is 395 g/mol. The Morgan fingerprint density at radius 3 is 2.72 bits per heavy atom. The van der Waals surface area contributed by atoms with Gasteiger partial charge in [-0.05, 0) is 31.2 Å². The number of hydrogen-bond donors (Lipinski definition) is 0. The van der Waals surface area contributed by atoms with Crippen LogP contribution in [0, 0.1) is 0 Å². The average molecular weight is 395 g/mol. The fourth-order valence-electron chi connectivity index (χ4n) is 3.78. The van der Waals surface area contributed by atoms with E-state index in [1.165, 1.54) is 0 Å². The van der Waals surface area contributed by atoms with Gasteiger partial charge in [0.1, 0.15) is 5.75 Å². The van der Waals surface area contributed by atoms with Crippen molar-refractivity contribution < 1.29 is 18.7 Å². The van der Waals surface area contributed by atoms with Crippen LogP contribution >= 0.6 is 0 Å². The fraction of sp³-hybridized carbons (Fsp3) is 0.364. The van der Waals surface area contributed by atoms with Gasteiger partial charge >= 0.3 is 0 Å². The number of methoxy groups -OCH3 is 3. The molecule has 2 heterocycles. The lowest BCUT2D eigenvalue weighted by Gasteiger charge is -2.18. The number of aromatic nitrogens is 2. The number of hydrogen-bond acceptors (Lipinski definition) is 7. The summed E-state index contributed by atoms with van der Waals surface area (Å²) in [5.41, 5.74) is 1.99. The first-order valence-corrected chi connectivity index (χ1v) is 9.62. The molecule has 0 spiro atoms. The molecule has 0 radical (unpaired) electrons. The predicted octanol–water partition coefficient (Wildman–Crippen LogP) is 3.75. The highest BCUT2D eigenvalue weighted by atomic mass is 16.5. The van der Waals surface area contributed by atoms with Crippen molar-refractivity contribution in [3.63, 3.8) is 0 Å². The number of likely N-dealkylation sites (tertiary alicyclic amines) is 1. The van der Waals surface area contributed by atoms with E-state index in [9.17, 15) is 0 Å². The molecule has 1 fully saturated rings. The van der Waals surface area contributed by atoms with Gasteiger partial charge in [0.15, 0.2) is 11.5 Å². The van der Waals surface area contributed by atoms with Gasteiger partial charge in [-0.25, -0.2) is 0 Å². The van der Waals surface area contributed by atoms with E-state index in [4.69, 9.17) is 18.7 Å². The SMILES string of the molecule is COc1cccc(-c2noc([C@@H]3CCN(Cc4cccc(OC)c4OC)C3)n2)c1. The first-order valence-electron chi connectivity index (χ1n) is 9.62. The van der Waals surface area contributed by atoms with Crippen molar-refractivity contribution in [3.05, 3.63) is 53.9 Å². The summed E-state index contributed by atoms with van der Waals surface area (Å²) in [6.45, 7) is 2.61. The Balaban J connectivity index is 1.45. The highest BCUT2D eigenvalue weighted by Crippen LogP contribution is 2.34. The van der Waals surface area contributed by atoms with E-state index in [2.05, 4.69) is 21.1 Å². The second kappa shape index (κ2) is 8.53. The zero-order valence-corrected chi connectivity index (χ0v) is 16.9. The third-order valence-corrected chi connectivity index (χ3v) is 5.27. The van der Waals surface area contributed by atoms with E-state index in [1.807, 2.05) is 36.4 Å². The molecule has 2 aromatic carbocycles. The summed E-state index contributed by atoms with van der Waals surface area (Å²) in [7, 11) is 4.97. The molecule has 0 unspecified atom stereocenters. The molecule has 0 bridgehead atoms. The van der Waals surface area contributed by atoms with Gasteiger partial charge in [0.2, 0.25) is 11.7 Å². The van der Waals surface area contributed by atoms with Crippen LogP contribution in [0.3, 0.4) is 0 Å². The van der Waals surface area contributed by atoms with Gasteiger partial charge in [0.25, 0.3) is 0 Å². The molecule has 3 aromatic rings. The first kappa shape index (κ1) is 19.3. The topological polar surface area (TPSA) is 69.9 Å². The molecule has 152 valence electrons. The van der Waals surface area contributed by atoms with Crippen LogP contribution in [-0.2, 0) is 6.54 Å². The highest BCUT2D eigenvalue weighted by molar-refractivity contribution is 5.56. The maximum Gasteiger partial charge on any atom is 0.231 e. The summed E-state index contributed by atoms with van der Waals surface area (Å²) in [4.78, 5) is 7.01. The highest BCUT2D eigenvalue weighted by Gasteiger charge is 2.29. The number of nitrogens with zero attached hydrogens (tertiary/aromatic N) is 3. The molecule has 0 amide bonds. The first-order chi connectivity index (χ1) is 14.2. The second-order valence-corrected chi connectivity index (χ2v) is 7.06. The van der Waals surface area contributed by atoms with Gasteiger partial charge in [-0.2, -0.15) is 4.98 Å². The van der Waals surface area contributed by atoms with Gasteiger partial charge < -0.3 is 18.7 Å². The summed E-state index contributed by atoms with van der Waals surface area (Å²) < 4.78 is 21.8.